The Morgan fingerprint density at radius 1 is 1.22 bits per heavy atom. The average Bonchev–Trinajstić information content (AvgIpc) is 3.58. The van der Waals surface area contributed by atoms with Crippen LogP contribution < -0.4 is 5.32 Å². The van der Waals surface area contributed by atoms with Crippen LogP contribution in [0.4, 0.5) is 0 Å². The van der Waals surface area contributed by atoms with Crippen LogP contribution in [0.2, 0.25) is 0 Å². The lowest BCUT2D eigenvalue weighted by atomic mass is 10.1. The third kappa shape index (κ3) is 3.75. The molecule has 32 heavy (non-hydrogen) atoms. The summed E-state index contributed by atoms with van der Waals surface area (Å²) in [6.45, 7) is 2.18. The lowest BCUT2D eigenvalue weighted by Gasteiger charge is -2.23. The van der Waals surface area contributed by atoms with E-state index >= 15 is 0 Å². The first-order valence-electron chi connectivity index (χ1n) is 10.1. The highest BCUT2D eigenvalue weighted by molar-refractivity contribution is 7.99. The molecule has 1 saturated heterocycles. The average molecular weight is 449 g/mol. The molecule has 0 spiro atoms. The summed E-state index contributed by atoms with van der Waals surface area (Å²) < 4.78 is 10.8. The van der Waals surface area contributed by atoms with Crippen LogP contribution in [-0.4, -0.2) is 44.5 Å². The molecule has 2 amide bonds. The quantitative estimate of drug-likeness (QED) is 0.497. The van der Waals surface area contributed by atoms with E-state index in [-0.39, 0.29) is 17.5 Å². The maximum absolute atomic E-state index is 13.6. The van der Waals surface area contributed by atoms with Gasteiger partial charge in [-0.25, -0.2) is 4.98 Å². The zero-order valence-corrected chi connectivity index (χ0v) is 18.1. The zero-order valence-electron chi connectivity index (χ0n) is 17.3. The minimum atomic E-state index is -0.563. The van der Waals surface area contributed by atoms with E-state index in [0.717, 1.165) is 5.56 Å². The van der Waals surface area contributed by atoms with Gasteiger partial charge in [-0.3, -0.25) is 9.59 Å². The number of pyridine rings is 1. The molecule has 1 N–H and O–H groups in total. The van der Waals surface area contributed by atoms with Gasteiger partial charge >= 0.3 is 0 Å². The van der Waals surface area contributed by atoms with Gasteiger partial charge in [-0.05, 0) is 30.7 Å². The van der Waals surface area contributed by atoms with Crippen LogP contribution in [0.25, 0.3) is 22.6 Å². The number of carbonyl (C=O) groups excluding carboxylic acids is 2. The van der Waals surface area contributed by atoms with Crippen LogP contribution in [0.3, 0.4) is 0 Å². The molecule has 1 aliphatic rings. The number of nitrogens with one attached hydrogen (secondary N) is 1. The topological polar surface area (TPSA) is 101 Å². The van der Waals surface area contributed by atoms with Crippen molar-refractivity contribution in [3.8, 4) is 11.5 Å². The molecular weight excluding hydrogens is 428 g/mol. The fraction of sp³-hybridized carbons (Fsp3) is 0.217. The number of aryl methyl sites for hydroxylation is 1. The smallest absolute Gasteiger partial charge is 0.259 e. The summed E-state index contributed by atoms with van der Waals surface area (Å²) in [4.78, 5) is 32.6. The third-order valence-electron chi connectivity index (χ3n) is 5.38. The Morgan fingerprint density at radius 3 is 2.84 bits per heavy atom. The minimum absolute atomic E-state index is 0.175. The number of hydrogen-bond acceptors (Lipinski definition) is 7. The number of benzene rings is 1. The Bertz CT molecular complexity index is 1270. The number of fused-ring (bicyclic) bond motifs is 1. The molecule has 0 radical (unpaired) electrons. The third-order valence-corrected chi connectivity index (χ3v) is 6.39. The number of furan rings is 1. The van der Waals surface area contributed by atoms with Crippen molar-refractivity contribution in [2.24, 2.45) is 0 Å². The normalized spacial score (nSPS) is 15.9. The summed E-state index contributed by atoms with van der Waals surface area (Å²) in [7, 11) is 0. The number of amides is 2. The number of carbonyl (C=O) groups is 2. The minimum Gasteiger partial charge on any atom is -0.463 e. The van der Waals surface area contributed by atoms with Crippen molar-refractivity contribution in [3.05, 3.63) is 71.6 Å². The van der Waals surface area contributed by atoms with Crippen molar-refractivity contribution < 1.29 is 18.5 Å². The Balaban J connectivity index is 1.44. The van der Waals surface area contributed by atoms with Crippen LogP contribution in [0, 0.1) is 6.92 Å². The molecule has 4 aromatic rings. The van der Waals surface area contributed by atoms with Gasteiger partial charge in [0.05, 0.1) is 28.8 Å². The van der Waals surface area contributed by atoms with Crippen LogP contribution >= 0.6 is 11.8 Å². The van der Waals surface area contributed by atoms with E-state index in [1.807, 2.05) is 30.3 Å². The van der Waals surface area contributed by atoms with Crippen LogP contribution in [0.1, 0.15) is 21.6 Å². The molecule has 9 heteroatoms. The molecular formula is C23H20N4O4S. The molecule has 1 unspecified atom stereocenters. The molecule has 1 fully saturated rings. The SMILES string of the molecule is Cc1noc2nc(-c3ccco3)cc(C(=O)N3CSCC3C(=O)NCc3ccccc3)c12. The monoisotopic (exact) mass is 448 g/mol. The number of nitrogens with zero attached hydrogens (tertiary/aromatic N) is 3. The summed E-state index contributed by atoms with van der Waals surface area (Å²) in [5.41, 5.74) is 2.70. The number of thioether (sulfide) groups is 1. The summed E-state index contributed by atoms with van der Waals surface area (Å²) in [5.74, 6) is 1.04. The van der Waals surface area contributed by atoms with Gasteiger partial charge in [0, 0.05) is 12.3 Å². The Kier molecular flexibility index (Phi) is 5.40. The highest BCUT2D eigenvalue weighted by atomic mass is 32.2. The molecule has 1 atom stereocenters. The van der Waals surface area contributed by atoms with E-state index in [9.17, 15) is 9.59 Å². The van der Waals surface area contributed by atoms with Gasteiger partial charge in [0.1, 0.15) is 11.7 Å². The van der Waals surface area contributed by atoms with Crippen molar-refractivity contribution >= 4 is 34.7 Å². The number of hydrogen-bond donors (Lipinski definition) is 1. The van der Waals surface area contributed by atoms with E-state index in [2.05, 4.69) is 15.5 Å². The van der Waals surface area contributed by atoms with Crippen molar-refractivity contribution in [1.82, 2.24) is 20.4 Å². The lowest BCUT2D eigenvalue weighted by molar-refractivity contribution is -0.124. The largest absolute Gasteiger partial charge is 0.463 e. The van der Waals surface area contributed by atoms with E-state index in [4.69, 9.17) is 8.94 Å². The zero-order chi connectivity index (χ0) is 22.1. The van der Waals surface area contributed by atoms with Gasteiger partial charge in [-0.1, -0.05) is 35.5 Å². The predicted octanol–water partition coefficient (Wildman–Crippen LogP) is 3.62. The molecule has 0 bridgehead atoms. The standard InChI is InChI=1S/C23H20N4O4S/c1-14-20-16(10-17(19-8-5-9-30-19)25-22(20)31-26-14)23(29)27-13-32-12-18(27)21(28)24-11-15-6-3-2-4-7-15/h2-10,18H,11-13H2,1H3,(H,24,28). The maximum Gasteiger partial charge on any atom is 0.259 e. The van der Waals surface area contributed by atoms with Gasteiger partial charge in [-0.2, -0.15) is 0 Å². The lowest BCUT2D eigenvalue weighted by Crippen LogP contribution is -2.47. The van der Waals surface area contributed by atoms with Gasteiger partial charge < -0.3 is 19.2 Å². The molecule has 5 rings (SSSR count). The molecule has 3 aromatic heterocycles. The molecule has 0 aliphatic carbocycles. The first-order valence-corrected chi connectivity index (χ1v) is 11.3. The van der Waals surface area contributed by atoms with Crippen molar-refractivity contribution in [3.63, 3.8) is 0 Å². The Labute approximate surface area is 188 Å². The summed E-state index contributed by atoms with van der Waals surface area (Å²) >= 11 is 1.55. The van der Waals surface area contributed by atoms with Gasteiger partial charge in [0.25, 0.3) is 11.6 Å². The second-order valence-corrected chi connectivity index (χ2v) is 8.47. The molecule has 4 heterocycles. The Hall–Kier alpha value is -3.59. The Morgan fingerprint density at radius 2 is 2.06 bits per heavy atom. The fourth-order valence-corrected chi connectivity index (χ4v) is 4.89. The molecule has 1 aliphatic heterocycles. The second kappa shape index (κ2) is 8.51. The summed E-state index contributed by atoms with van der Waals surface area (Å²) in [6.07, 6.45) is 1.54. The highest BCUT2D eigenvalue weighted by Gasteiger charge is 2.36. The molecule has 8 nitrogen and oxygen atoms in total. The van der Waals surface area contributed by atoms with Gasteiger partial charge in [0.2, 0.25) is 5.91 Å². The molecule has 0 saturated carbocycles. The highest BCUT2D eigenvalue weighted by Crippen LogP contribution is 2.31. The molecule has 1 aromatic carbocycles. The van der Waals surface area contributed by atoms with Crippen molar-refractivity contribution in [2.45, 2.75) is 19.5 Å². The van der Waals surface area contributed by atoms with Crippen LogP contribution in [-0.2, 0) is 11.3 Å². The second-order valence-electron chi connectivity index (χ2n) is 7.47. The van der Waals surface area contributed by atoms with Crippen LogP contribution in [0.5, 0.6) is 0 Å². The van der Waals surface area contributed by atoms with Gasteiger partial charge in [-0.15, -0.1) is 11.8 Å². The van der Waals surface area contributed by atoms with E-state index < -0.39 is 6.04 Å². The summed E-state index contributed by atoms with van der Waals surface area (Å²) in [5, 5.41) is 7.48. The first-order chi connectivity index (χ1) is 15.6. The van der Waals surface area contributed by atoms with Gasteiger partial charge in [0.15, 0.2) is 5.76 Å². The number of rotatable bonds is 5. The van der Waals surface area contributed by atoms with Crippen molar-refractivity contribution in [2.75, 3.05) is 11.6 Å². The van der Waals surface area contributed by atoms with Crippen molar-refractivity contribution in [1.29, 1.82) is 0 Å². The number of aromatic nitrogens is 2. The molecule has 162 valence electrons. The van der Waals surface area contributed by atoms with Crippen LogP contribution in [0.15, 0.2) is 63.7 Å². The maximum atomic E-state index is 13.6. The first kappa shape index (κ1) is 20.3. The fourth-order valence-electron chi connectivity index (χ4n) is 3.73. The van der Waals surface area contributed by atoms with E-state index in [0.29, 0.717) is 46.3 Å². The predicted molar refractivity (Wildman–Crippen MR) is 120 cm³/mol. The summed E-state index contributed by atoms with van der Waals surface area (Å²) in [6, 6.07) is 14.3. The van der Waals surface area contributed by atoms with E-state index in [1.165, 1.54) is 0 Å². The van der Waals surface area contributed by atoms with E-state index in [1.54, 1.807) is 48.0 Å².